The van der Waals surface area contributed by atoms with Crippen LogP contribution in [0, 0.1) is 6.92 Å². The van der Waals surface area contributed by atoms with Crippen LogP contribution in [0.25, 0.3) is 0 Å². The number of rotatable bonds is 5. The fraction of sp³-hybridized carbons (Fsp3) is 0.267. The number of aromatic nitrogens is 2. The lowest BCUT2D eigenvalue weighted by Crippen LogP contribution is -2.24. The highest BCUT2D eigenvalue weighted by atomic mass is 32.2. The van der Waals surface area contributed by atoms with Gasteiger partial charge >= 0.3 is 0 Å². The summed E-state index contributed by atoms with van der Waals surface area (Å²) in [4.78, 5) is 20.3. The average Bonchev–Trinajstić information content (AvgIpc) is 2.52. The topological polar surface area (TPSA) is 92.3 Å². The summed E-state index contributed by atoms with van der Waals surface area (Å²) in [5, 5.41) is 2.73. The van der Waals surface area contributed by atoms with E-state index in [1.54, 1.807) is 6.07 Å². The number of hydrogen-bond donors (Lipinski definition) is 1. The van der Waals surface area contributed by atoms with Gasteiger partial charge < -0.3 is 5.32 Å². The summed E-state index contributed by atoms with van der Waals surface area (Å²) in [5.74, 6) is -0.296. The van der Waals surface area contributed by atoms with E-state index in [2.05, 4.69) is 15.3 Å². The Kier molecular flexibility index (Phi) is 5.07. The van der Waals surface area contributed by atoms with Gasteiger partial charge in [0.05, 0.1) is 17.1 Å². The minimum atomic E-state index is -3.49. The van der Waals surface area contributed by atoms with E-state index in [1.807, 2.05) is 6.92 Å². The predicted octanol–water partition coefficient (Wildman–Crippen LogP) is 0.965. The number of carbonyl (C=O) groups is 1. The number of hydrogen-bond acceptors (Lipinski definition) is 5. The Balaban J connectivity index is 2.06. The van der Waals surface area contributed by atoms with Crippen LogP contribution in [0.1, 0.15) is 21.7 Å². The lowest BCUT2D eigenvalue weighted by atomic mass is 10.2. The Morgan fingerprint density at radius 1 is 1.17 bits per heavy atom. The first-order chi connectivity index (χ1) is 10.8. The Bertz CT molecular complexity index is 802. The van der Waals surface area contributed by atoms with E-state index in [-0.39, 0.29) is 17.3 Å². The molecule has 0 unspecified atom stereocenters. The first kappa shape index (κ1) is 17.0. The van der Waals surface area contributed by atoms with Gasteiger partial charge in [0.2, 0.25) is 10.0 Å². The van der Waals surface area contributed by atoms with Crippen LogP contribution in [0.4, 0.5) is 0 Å². The zero-order valence-electron chi connectivity index (χ0n) is 13.1. The molecule has 1 aromatic carbocycles. The molecule has 8 heteroatoms. The number of aryl methyl sites for hydroxylation is 1. The first-order valence-electron chi connectivity index (χ1n) is 6.89. The molecule has 2 rings (SSSR count). The van der Waals surface area contributed by atoms with Crippen molar-refractivity contribution < 1.29 is 13.2 Å². The molecule has 0 fully saturated rings. The van der Waals surface area contributed by atoms with Gasteiger partial charge in [-0.1, -0.05) is 0 Å². The summed E-state index contributed by atoms with van der Waals surface area (Å²) in [6.45, 7) is 2.12. The molecule has 2 aromatic rings. The van der Waals surface area contributed by atoms with Crippen molar-refractivity contribution in [2.24, 2.45) is 0 Å². The van der Waals surface area contributed by atoms with Crippen LogP contribution in [0.5, 0.6) is 0 Å². The average molecular weight is 334 g/mol. The molecule has 1 amide bonds. The monoisotopic (exact) mass is 334 g/mol. The largest absolute Gasteiger partial charge is 0.346 e. The zero-order valence-corrected chi connectivity index (χ0v) is 14.0. The maximum Gasteiger partial charge on any atom is 0.251 e. The van der Waals surface area contributed by atoms with Crippen LogP contribution in [0.15, 0.2) is 41.6 Å². The van der Waals surface area contributed by atoms with Gasteiger partial charge in [-0.2, -0.15) is 0 Å². The molecular weight excluding hydrogens is 316 g/mol. The van der Waals surface area contributed by atoms with Gasteiger partial charge in [0.1, 0.15) is 6.33 Å². The lowest BCUT2D eigenvalue weighted by Gasteiger charge is -2.11. The molecule has 1 N–H and O–H groups in total. The molecule has 0 saturated heterocycles. The molecule has 0 aliphatic carbocycles. The van der Waals surface area contributed by atoms with E-state index in [0.717, 1.165) is 10.00 Å². The quantitative estimate of drug-likeness (QED) is 0.879. The summed E-state index contributed by atoms with van der Waals surface area (Å²) < 4.78 is 25.1. The zero-order chi connectivity index (χ0) is 17.0. The normalized spacial score (nSPS) is 11.5. The Hall–Kier alpha value is -2.32. The molecule has 0 aliphatic rings. The van der Waals surface area contributed by atoms with Gasteiger partial charge in [-0.3, -0.25) is 4.79 Å². The molecule has 0 atom stereocenters. The second-order valence-electron chi connectivity index (χ2n) is 5.15. The van der Waals surface area contributed by atoms with Crippen molar-refractivity contribution in [1.82, 2.24) is 19.6 Å². The number of sulfonamides is 1. The third kappa shape index (κ3) is 4.11. The van der Waals surface area contributed by atoms with Crippen molar-refractivity contribution in [3.8, 4) is 0 Å². The molecule has 0 bridgehead atoms. The molecule has 0 saturated carbocycles. The van der Waals surface area contributed by atoms with Crippen LogP contribution >= 0.6 is 0 Å². The minimum absolute atomic E-state index is 0.144. The Morgan fingerprint density at radius 2 is 1.83 bits per heavy atom. The molecule has 0 spiro atoms. The van der Waals surface area contributed by atoms with E-state index >= 15 is 0 Å². The fourth-order valence-electron chi connectivity index (χ4n) is 1.87. The van der Waals surface area contributed by atoms with Gasteiger partial charge in [-0.05, 0) is 37.3 Å². The highest BCUT2D eigenvalue weighted by Gasteiger charge is 2.17. The van der Waals surface area contributed by atoms with Crippen LogP contribution in [-0.2, 0) is 16.6 Å². The van der Waals surface area contributed by atoms with E-state index in [9.17, 15) is 13.2 Å². The summed E-state index contributed by atoms with van der Waals surface area (Å²) in [6, 6.07) is 7.58. The summed E-state index contributed by atoms with van der Waals surface area (Å²) in [6.07, 6.45) is 1.44. The van der Waals surface area contributed by atoms with Crippen molar-refractivity contribution in [1.29, 1.82) is 0 Å². The number of amides is 1. The van der Waals surface area contributed by atoms with Gasteiger partial charge in [-0.25, -0.2) is 22.7 Å². The second kappa shape index (κ2) is 6.84. The second-order valence-corrected chi connectivity index (χ2v) is 7.30. The highest BCUT2D eigenvalue weighted by Crippen LogP contribution is 2.14. The summed E-state index contributed by atoms with van der Waals surface area (Å²) in [5.41, 5.74) is 1.91. The predicted molar refractivity (Wildman–Crippen MR) is 85.3 cm³/mol. The fourth-order valence-corrected chi connectivity index (χ4v) is 2.77. The van der Waals surface area contributed by atoms with Crippen molar-refractivity contribution in [3.63, 3.8) is 0 Å². The summed E-state index contributed by atoms with van der Waals surface area (Å²) in [7, 11) is -0.579. The molecule has 1 aromatic heterocycles. The van der Waals surface area contributed by atoms with Crippen LogP contribution in [-0.4, -0.2) is 42.7 Å². The maximum absolute atomic E-state index is 12.1. The van der Waals surface area contributed by atoms with Crippen molar-refractivity contribution >= 4 is 15.9 Å². The molecular formula is C15H18N4O3S. The molecule has 7 nitrogen and oxygen atoms in total. The number of carbonyl (C=O) groups excluding carboxylic acids is 1. The van der Waals surface area contributed by atoms with E-state index in [1.165, 1.54) is 44.7 Å². The molecule has 1 heterocycles. The van der Waals surface area contributed by atoms with E-state index in [0.29, 0.717) is 11.3 Å². The lowest BCUT2D eigenvalue weighted by molar-refractivity contribution is 0.0950. The van der Waals surface area contributed by atoms with Gasteiger partial charge in [0, 0.05) is 25.4 Å². The van der Waals surface area contributed by atoms with Crippen LogP contribution in [0.2, 0.25) is 0 Å². The van der Waals surface area contributed by atoms with E-state index in [4.69, 9.17) is 0 Å². The maximum atomic E-state index is 12.1. The molecule has 23 heavy (non-hydrogen) atoms. The molecule has 0 aliphatic heterocycles. The minimum Gasteiger partial charge on any atom is -0.346 e. The number of benzene rings is 1. The first-order valence-corrected chi connectivity index (χ1v) is 8.33. The van der Waals surface area contributed by atoms with Crippen LogP contribution in [0.3, 0.4) is 0 Å². The Morgan fingerprint density at radius 3 is 2.39 bits per heavy atom. The van der Waals surface area contributed by atoms with Gasteiger partial charge in [-0.15, -0.1) is 0 Å². The van der Waals surface area contributed by atoms with Crippen LogP contribution < -0.4 is 5.32 Å². The van der Waals surface area contributed by atoms with Crippen molar-refractivity contribution in [3.05, 3.63) is 53.6 Å². The summed E-state index contributed by atoms with van der Waals surface area (Å²) >= 11 is 0. The van der Waals surface area contributed by atoms with Gasteiger partial charge in [0.25, 0.3) is 5.91 Å². The van der Waals surface area contributed by atoms with Crippen molar-refractivity contribution in [2.75, 3.05) is 14.1 Å². The number of nitrogens with one attached hydrogen (secondary N) is 1. The smallest absolute Gasteiger partial charge is 0.251 e. The van der Waals surface area contributed by atoms with Crippen molar-refractivity contribution in [2.45, 2.75) is 18.4 Å². The molecule has 122 valence electrons. The third-order valence-corrected chi connectivity index (χ3v) is 5.01. The SMILES string of the molecule is Cc1cc(CNC(=O)c2ccc(S(=O)(=O)N(C)C)cc2)ncn1. The third-order valence-electron chi connectivity index (χ3n) is 3.19. The Labute approximate surface area is 135 Å². The highest BCUT2D eigenvalue weighted by molar-refractivity contribution is 7.89. The van der Waals surface area contributed by atoms with Gasteiger partial charge in [0.15, 0.2) is 0 Å². The van der Waals surface area contributed by atoms with E-state index < -0.39 is 10.0 Å². The standard InChI is InChI=1S/C15H18N4O3S/c1-11-8-13(18-10-17-11)9-16-15(20)12-4-6-14(7-5-12)23(21,22)19(2)3/h4-8,10H,9H2,1-3H3,(H,16,20). The molecule has 0 radical (unpaired) electrons. The number of nitrogens with zero attached hydrogens (tertiary/aromatic N) is 3.